The fourth-order valence-electron chi connectivity index (χ4n) is 3.02. The second-order valence-corrected chi connectivity index (χ2v) is 9.06. The Morgan fingerprint density at radius 3 is 2.13 bits per heavy atom. The van der Waals surface area contributed by atoms with Gasteiger partial charge in [0.1, 0.15) is 5.75 Å². The number of sulfonamides is 1. The summed E-state index contributed by atoms with van der Waals surface area (Å²) in [6, 6.07) is 22.7. The molecule has 30 heavy (non-hydrogen) atoms. The zero-order valence-electron chi connectivity index (χ0n) is 17.1. The number of benzene rings is 3. The summed E-state index contributed by atoms with van der Waals surface area (Å²) in [7, 11) is 0.875. The van der Waals surface area contributed by atoms with Crippen molar-refractivity contribution in [2.75, 3.05) is 21.2 Å². The van der Waals surface area contributed by atoms with Crippen LogP contribution in [0.3, 0.4) is 0 Å². The Hall–Kier alpha value is -3.16. The molecule has 1 atom stereocenters. The van der Waals surface area contributed by atoms with Crippen molar-refractivity contribution in [2.45, 2.75) is 10.9 Å². The van der Waals surface area contributed by atoms with Crippen LogP contribution in [0.4, 0.5) is 0 Å². The predicted molar refractivity (Wildman–Crippen MR) is 116 cm³/mol. The van der Waals surface area contributed by atoms with Crippen molar-refractivity contribution in [3.05, 3.63) is 95.6 Å². The Morgan fingerprint density at radius 1 is 0.900 bits per heavy atom. The SMILES string of the molecule is COc1ccc(C(NC(=O)c2cccc(S(=O)(=O)N(C)C)c2)c2ccccc2)cc1. The maximum absolute atomic E-state index is 13.0. The number of amides is 1. The molecule has 3 aromatic carbocycles. The molecule has 0 saturated carbocycles. The lowest BCUT2D eigenvalue weighted by molar-refractivity contribution is 0.0942. The minimum atomic E-state index is -3.63. The quantitative estimate of drug-likeness (QED) is 0.630. The van der Waals surface area contributed by atoms with Gasteiger partial charge in [-0.1, -0.05) is 48.5 Å². The third kappa shape index (κ3) is 4.69. The minimum Gasteiger partial charge on any atom is -0.497 e. The van der Waals surface area contributed by atoms with Crippen molar-refractivity contribution in [3.63, 3.8) is 0 Å². The summed E-state index contributed by atoms with van der Waals surface area (Å²) in [5.41, 5.74) is 2.06. The molecule has 0 heterocycles. The van der Waals surface area contributed by atoms with Gasteiger partial charge >= 0.3 is 0 Å². The van der Waals surface area contributed by atoms with Crippen LogP contribution >= 0.6 is 0 Å². The van der Waals surface area contributed by atoms with Crippen LogP contribution in [0, 0.1) is 0 Å². The molecular weight excluding hydrogens is 400 g/mol. The first-order valence-corrected chi connectivity index (χ1v) is 10.8. The van der Waals surface area contributed by atoms with Crippen LogP contribution in [0.25, 0.3) is 0 Å². The Balaban J connectivity index is 1.94. The molecule has 0 saturated heterocycles. The zero-order valence-corrected chi connectivity index (χ0v) is 17.9. The lowest BCUT2D eigenvalue weighted by Crippen LogP contribution is -2.29. The van der Waals surface area contributed by atoms with E-state index < -0.39 is 16.1 Å². The lowest BCUT2D eigenvalue weighted by Gasteiger charge is -2.20. The molecule has 0 bridgehead atoms. The van der Waals surface area contributed by atoms with E-state index in [0.29, 0.717) is 0 Å². The highest BCUT2D eigenvalue weighted by Gasteiger charge is 2.21. The maximum atomic E-state index is 13.0. The van der Waals surface area contributed by atoms with Gasteiger partial charge in [0.2, 0.25) is 10.0 Å². The standard InChI is InChI=1S/C23H24N2O4S/c1-25(2)30(27,28)21-11-7-10-19(16-21)23(26)24-22(17-8-5-4-6-9-17)18-12-14-20(29-3)15-13-18/h4-16,22H,1-3H3,(H,24,26). The molecule has 0 aromatic heterocycles. The van der Waals surface area contributed by atoms with Gasteiger partial charge in [0, 0.05) is 19.7 Å². The highest BCUT2D eigenvalue weighted by Crippen LogP contribution is 2.25. The smallest absolute Gasteiger partial charge is 0.252 e. The van der Waals surface area contributed by atoms with Gasteiger partial charge in [-0.05, 0) is 41.5 Å². The summed E-state index contributed by atoms with van der Waals surface area (Å²) in [6.07, 6.45) is 0. The summed E-state index contributed by atoms with van der Waals surface area (Å²) >= 11 is 0. The van der Waals surface area contributed by atoms with Gasteiger partial charge in [0.15, 0.2) is 0 Å². The summed E-state index contributed by atoms with van der Waals surface area (Å²) in [6.45, 7) is 0. The lowest BCUT2D eigenvalue weighted by atomic mass is 9.98. The molecule has 0 aliphatic carbocycles. The molecule has 1 N–H and O–H groups in total. The first kappa shape index (κ1) is 21.5. The molecule has 7 heteroatoms. The largest absolute Gasteiger partial charge is 0.497 e. The van der Waals surface area contributed by atoms with Crippen LogP contribution in [-0.2, 0) is 10.0 Å². The van der Waals surface area contributed by atoms with E-state index in [2.05, 4.69) is 5.32 Å². The molecule has 0 spiro atoms. The molecular formula is C23H24N2O4S. The van der Waals surface area contributed by atoms with E-state index in [1.807, 2.05) is 54.6 Å². The fourth-order valence-corrected chi connectivity index (χ4v) is 3.97. The molecule has 3 rings (SSSR count). The second-order valence-electron chi connectivity index (χ2n) is 6.91. The molecule has 0 fully saturated rings. The van der Waals surface area contributed by atoms with Gasteiger partial charge in [0.25, 0.3) is 5.91 Å². The number of rotatable bonds is 7. The predicted octanol–water partition coefficient (Wildman–Crippen LogP) is 3.46. The number of carbonyl (C=O) groups excluding carboxylic acids is 1. The van der Waals surface area contributed by atoms with E-state index in [0.717, 1.165) is 21.2 Å². The monoisotopic (exact) mass is 424 g/mol. The highest BCUT2D eigenvalue weighted by atomic mass is 32.2. The average Bonchev–Trinajstić information content (AvgIpc) is 2.78. The van der Waals surface area contributed by atoms with Gasteiger partial charge in [-0.3, -0.25) is 4.79 Å². The van der Waals surface area contributed by atoms with Crippen LogP contribution in [0.1, 0.15) is 27.5 Å². The van der Waals surface area contributed by atoms with Crippen molar-refractivity contribution in [3.8, 4) is 5.75 Å². The van der Waals surface area contributed by atoms with Crippen LogP contribution in [0.2, 0.25) is 0 Å². The van der Waals surface area contributed by atoms with E-state index in [1.165, 1.54) is 26.2 Å². The van der Waals surface area contributed by atoms with Crippen molar-refractivity contribution < 1.29 is 17.9 Å². The van der Waals surface area contributed by atoms with E-state index in [-0.39, 0.29) is 16.4 Å². The molecule has 156 valence electrons. The zero-order chi connectivity index (χ0) is 21.7. The van der Waals surface area contributed by atoms with Crippen molar-refractivity contribution in [2.24, 2.45) is 0 Å². The van der Waals surface area contributed by atoms with Crippen LogP contribution in [0.15, 0.2) is 83.8 Å². The molecule has 1 unspecified atom stereocenters. The maximum Gasteiger partial charge on any atom is 0.252 e. The number of hydrogen-bond donors (Lipinski definition) is 1. The topological polar surface area (TPSA) is 75.7 Å². The van der Waals surface area contributed by atoms with Gasteiger partial charge in [0.05, 0.1) is 18.0 Å². The van der Waals surface area contributed by atoms with Crippen LogP contribution in [0.5, 0.6) is 5.75 Å². The Morgan fingerprint density at radius 2 is 1.53 bits per heavy atom. The Bertz CT molecular complexity index is 1110. The summed E-state index contributed by atoms with van der Waals surface area (Å²) in [5, 5.41) is 3.02. The summed E-state index contributed by atoms with van der Waals surface area (Å²) in [5.74, 6) is 0.356. The van der Waals surface area contributed by atoms with E-state index in [4.69, 9.17) is 4.74 Å². The van der Waals surface area contributed by atoms with Crippen LogP contribution in [-0.4, -0.2) is 39.8 Å². The summed E-state index contributed by atoms with van der Waals surface area (Å²) in [4.78, 5) is 13.1. The molecule has 0 aliphatic rings. The number of ether oxygens (including phenoxy) is 1. The summed E-state index contributed by atoms with van der Waals surface area (Å²) < 4.78 is 31.2. The molecule has 1 amide bonds. The molecule has 0 radical (unpaired) electrons. The molecule has 0 aliphatic heterocycles. The van der Waals surface area contributed by atoms with E-state index in [9.17, 15) is 13.2 Å². The van der Waals surface area contributed by atoms with Crippen molar-refractivity contribution in [1.82, 2.24) is 9.62 Å². The van der Waals surface area contributed by atoms with Gasteiger partial charge in [-0.2, -0.15) is 0 Å². The minimum absolute atomic E-state index is 0.0702. The number of nitrogens with zero attached hydrogens (tertiary/aromatic N) is 1. The first-order valence-electron chi connectivity index (χ1n) is 9.35. The van der Waals surface area contributed by atoms with Gasteiger partial charge < -0.3 is 10.1 Å². The number of hydrogen-bond acceptors (Lipinski definition) is 4. The Kier molecular flexibility index (Phi) is 6.54. The second kappa shape index (κ2) is 9.11. The van der Waals surface area contributed by atoms with Gasteiger partial charge in [-0.25, -0.2) is 12.7 Å². The normalized spacial score (nSPS) is 12.4. The number of carbonyl (C=O) groups is 1. The van der Waals surface area contributed by atoms with E-state index in [1.54, 1.807) is 19.2 Å². The highest BCUT2D eigenvalue weighted by molar-refractivity contribution is 7.89. The molecule has 6 nitrogen and oxygen atoms in total. The third-order valence-electron chi connectivity index (χ3n) is 4.73. The van der Waals surface area contributed by atoms with Crippen molar-refractivity contribution >= 4 is 15.9 Å². The van der Waals surface area contributed by atoms with Crippen LogP contribution < -0.4 is 10.1 Å². The number of methoxy groups -OCH3 is 1. The molecule has 3 aromatic rings. The van der Waals surface area contributed by atoms with Gasteiger partial charge in [-0.15, -0.1) is 0 Å². The average molecular weight is 425 g/mol. The van der Waals surface area contributed by atoms with E-state index >= 15 is 0 Å². The third-order valence-corrected chi connectivity index (χ3v) is 6.54. The first-order chi connectivity index (χ1) is 14.3. The van der Waals surface area contributed by atoms with Crippen molar-refractivity contribution in [1.29, 1.82) is 0 Å². The number of nitrogens with one attached hydrogen (secondary N) is 1. The Labute approximate surface area is 177 Å². The fraction of sp³-hybridized carbons (Fsp3) is 0.174.